The van der Waals surface area contributed by atoms with Crippen LogP contribution in [-0.4, -0.2) is 41.3 Å². The number of pyridine rings is 1. The molecule has 6 nitrogen and oxygen atoms in total. The third-order valence-corrected chi connectivity index (χ3v) is 4.75. The van der Waals surface area contributed by atoms with Crippen molar-refractivity contribution in [3.8, 4) is 0 Å². The van der Waals surface area contributed by atoms with E-state index in [1.54, 1.807) is 6.33 Å². The van der Waals surface area contributed by atoms with Crippen LogP contribution >= 0.6 is 15.9 Å². The van der Waals surface area contributed by atoms with Crippen molar-refractivity contribution in [2.24, 2.45) is 0 Å². The summed E-state index contributed by atoms with van der Waals surface area (Å²) >= 11 is 3.51. The molecule has 0 amide bonds. The molecule has 1 aromatic carbocycles. The van der Waals surface area contributed by atoms with Gasteiger partial charge in [-0.15, -0.1) is 0 Å². The highest BCUT2D eigenvalue weighted by molar-refractivity contribution is 9.10. The second-order valence-corrected chi connectivity index (χ2v) is 6.83. The van der Waals surface area contributed by atoms with Gasteiger partial charge in [0.2, 0.25) is 0 Å². The summed E-state index contributed by atoms with van der Waals surface area (Å²) in [6.07, 6.45) is 1.57. The largest absolute Gasteiger partial charge is 0.378 e. The molecule has 0 bridgehead atoms. The zero-order valence-corrected chi connectivity index (χ0v) is 15.5. The Kier molecular flexibility index (Phi) is 4.50. The van der Waals surface area contributed by atoms with Crippen LogP contribution in [0.1, 0.15) is 5.69 Å². The molecular weight excluding hydrogens is 382 g/mol. The predicted octanol–water partition coefficient (Wildman–Crippen LogP) is 3.68. The van der Waals surface area contributed by atoms with Gasteiger partial charge in [0.1, 0.15) is 18.0 Å². The monoisotopic (exact) mass is 399 g/mol. The SMILES string of the molecule is Cc1nc(N2CCOCC2)ccc1Nc1ncnc2ccc(Br)cc12. The van der Waals surface area contributed by atoms with Gasteiger partial charge in [0.15, 0.2) is 0 Å². The maximum atomic E-state index is 5.40. The van der Waals surface area contributed by atoms with E-state index in [0.29, 0.717) is 0 Å². The fourth-order valence-electron chi connectivity index (χ4n) is 2.90. The smallest absolute Gasteiger partial charge is 0.141 e. The number of benzene rings is 1. The molecule has 0 radical (unpaired) electrons. The van der Waals surface area contributed by atoms with Crippen LogP contribution in [0.4, 0.5) is 17.3 Å². The number of hydrogen-bond donors (Lipinski definition) is 1. The minimum absolute atomic E-state index is 0.753. The van der Waals surface area contributed by atoms with Crippen molar-refractivity contribution in [1.29, 1.82) is 0 Å². The molecule has 3 heterocycles. The standard InChI is InChI=1S/C18H18BrN5O/c1-12-15(4-5-17(22-12)24-6-8-25-9-7-24)23-18-14-10-13(19)2-3-16(14)20-11-21-18/h2-5,10-11H,6-9H2,1H3,(H,20,21,23). The van der Waals surface area contributed by atoms with Crippen molar-refractivity contribution < 1.29 is 4.74 Å². The van der Waals surface area contributed by atoms with Gasteiger partial charge in [-0.25, -0.2) is 15.0 Å². The van der Waals surface area contributed by atoms with Crippen molar-refractivity contribution in [3.63, 3.8) is 0 Å². The number of ether oxygens (including phenoxy) is 1. The van der Waals surface area contributed by atoms with E-state index in [2.05, 4.69) is 42.2 Å². The van der Waals surface area contributed by atoms with Crippen LogP contribution in [0.25, 0.3) is 10.9 Å². The van der Waals surface area contributed by atoms with Crippen LogP contribution in [0.3, 0.4) is 0 Å². The van der Waals surface area contributed by atoms with E-state index in [0.717, 1.165) is 64.7 Å². The number of fused-ring (bicyclic) bond motifs is 1. The quantitative estimate of drug-likeness (QED) is 0.724. The Morgan fingerprint density at radius 1 is 1.12 bits per heavy atom. The fraction of sp³-hybridized carbons (Fsp3) is 0.278. The minimum atomic E-state index is 0.753. The van der Waals surface area contributed by atoms with E-state index >= 15 is 0 Å². The van der Waals surface area contributed by atoms with Crippen molar-refractivity contribution in [1.82, 2.24) is 15.0 Å². The first-order valence-electron chi connectivity index (χ1n) is 8.18. The molecule has 3 aromatic rings. The Labute approximate surface area is 154 Å². The lowest BCUT2D eigenvalue weighted by Crippen LogP contribution is -2.36. The highest BCUT2D eigenvalue weighted by atomic mass is 79.9. The molecule has 0 atom stereocenters. The number of rotatable bonds is 3. The fourth-order valence-corrected chi connectivity index (χ4v) is 3.27. The first kappa shape index (κ1) is 16.2. The molecule has 25 heavy (non-hydrogen) atoms. The summed E-state index contributed by atoms with van der Waals surface area (Å²) in [5, 5.41) is 4.36. The van der Waals surface area contributed by atoms with Crippen LogP contribution in [0, 0.1) is 6.92 Å². The maximum Gasteiger partial charge on any atom is 0.141 e. The maximum absolute atomic E-state index is 5.40. The molecule has 2 aromatic heterocycles. The molecule has 128 valence electrons. The molecule has 1 fully saturated rings. The van der Waals surface area contributed by atoms with Crippen LogP contribution in [0.2, 0.25) is 0 Å². The second kappa shape index (κ2) is 6.93. The van der Waals surface area contributed by atoms with Crippen LogP contribution < -0.4 is 10.2 Å². The number of nitrogens with zero attached hydrogens (tertiary/aromatic N) is 4. The molecule has 0 spiro atoms. The summed E-state index contributed by atoms with van der Waals surface area (Å²) in [5.74, 6) is 1.76. The number of aromatic nitrogens is 3. The molecule has 1 N–H and O–H groups in total. The molecule has 1 aliphatic rings. The van der Waals surface area contributed by atoms with Crippen LogP contribution in [0.15, 0.2) is 41.1 Å². The van der Waals surface area contributed by atoms with E-state index in [4.69, 9.17) is 9.72 Å². The van der Waals surface area contributed by atoms with Gasteiger partial charge in [-0.2, -0.15) is 0 Å². The van der Waals surface area contributed by atoms with Gasteiger partial charge >= 0.3 is 0 Å². The number of aryl methyl sites for hydroxylation is 1. The van der Waals surface area contributed by atoms with Gasteiger partial charge in [-0.3, -0.25) is 0 Å². The highest BCUT2D eigenvalue weighted by Crippen LogP contribution is 2.28. The Bertz CT molecular complexity index is 911. The number of nitrogens with one attached hydrogen (secondary N) is 1. The van der Waals surface area contributed by atoms with E-state index < -0.39 is 0 Å². The molecule has 1 aliphatic heterocycles. The first-order valence-corrected chi connectivity index (χ1v) is 8.97. The van der Waals surface area contributed by atoms with Gasteiger partial charge < -0.3 is 15.0 Å². The topological polar surface area (TPSA) is 63.2 Å². The molecule has 0 unspecified atom stereocenters. The molecular formula is C18H18BrN5O. The van der Waals surface area contributed by atoms with Gasteiger partial charge in [0, 0.05) is 22.9 Å². The van der Waals surface area contributed by atoms with E-state index in [1.807, 2.05) is 31.2 Å². The van der Waals surface area contributed by atoms with Gasteiger partial charge in [-0.05, 0) is 37.3 Å². The van der Waals surface area contributed by atoms with Crippen LogP contribution in [-0.2, 0) is 4.74 Å². The molecule has 1 saturated heterocycles. The van der Waals surface area contributed by atoms with Crippen molar-refractivity contribution in [2.45, 2.75) is 6.92 Å². The van der Waals surface area contributed by atoms with Gasteiger partial charge in [0.05, 0.1) is 30.1 Å². The molecule has 0 aliphatic carbocycles. The number of hydrogen-bond acceptors (Lipinski definition) is 6. The predicted molar refractivity (Wildman–Crippen MR) is 103 cm³/mol. The summed E-state index contributed by atoms with van der Waals surface area (Å²) in [7, 11) is 0. The summed E-state index contributed by atoms with van der Waals surface area (Å²) in [4.78, 5) is 15.7. The summed E-state index contributed by atoms with van der Waals surface area (Å²) in [6.45, 7) is 5.27. The van der Waals surface area contributed by atoms with Crippen LogP contribution in [0.5, 0.6) is 0 Å². The zero-order chi connectivity index (χ0) is 17.2. The first-order chi connectivity index (χ1) is 12.2. The van der Waals surface area contributed by atoms with Gasteiger partial charge in [-0.1, -0.05) is 15.9 Å². The lowest BCUT2D eigenvalue weighted by atomic mass is 10.2. The van der Waals surface area contributed by atoms with E-state index in [-0.39, 0.29) is 0 Å². The lowest BCUT2D eigenvalue weighted by molar-refractivity contribution is 0.122. The second-order valence-electron chi connectivity index (χ2n) is 5.91. The lowest BCUT2D eigenvalue weighted by Gasteiger charge is -2.28. The zero-order valence-electron chi connectivity index (χ0n) is 13.9. The van der Waals surface area contributed by atoms with Crippen molar-refractivity contribution in [3.05, 3.63) is 46.8 Å². The van der Waals surface area contributed by atoms with Gasteiger partial charge in [0.25, 0.3) is 0 Å². The Balaban J connectivity index is 1.64. The van der Waals surface area contributed by atoms with E-state index in [9.17, 15) is 0 Å². The van der Waals surface area contributed by atoms with Crippen molar-refractivity contribution in [2.75, 3.05) is 36.5 Å². The molecule has 7 heteroatoms. The average molecular weight is 400 g/mol. The number of halogens is 1. The summed E-state index contributed by atoms with van der Waals surface area (Å²) < 4.78 is 6.40. The Morgan fingerprint density at radius 2 is 1.96 bits per heavy atom. The third kappa shape index (κ3) is 3.43. The molecule has 0 saturated carbocycles. The summed E-state index contributed by atoms with van der Waals surface area (Å²) in [5.41, 5.74) is 2.78. The number of anilines is 3. The third-order valence-electron chi connectivity index (χ3n) is 4.26. The Morgan fingerprint density at radius 3 is 2.76 bits per heavy atom. The number of morpholine rings is 1. The average Bonchev–Trinajstić information content (AvgIpc) is 2.64. The summed E-state index contributed by atoms with van der Waals surface area (Å²) in [6, 6.07) is 10.1. The normalized spacial score (nSPS) is 14.7. The Hall–Kier alpha value is -2.25. The van der Waals surface area contributed by atoms with Crippen molar-refractivity contribution >= 4 is 44.2 Å². The minimum Gasteiger partial charge on any atom is -0.378 e. The molecule has 4 rings (SSSR count). The van der Waals surface area contributed by atoms with E-state index in [1.165, 1.54) is 0 Å². The highest BCUT2D eigenvalue weighted by Gasteiger charge is 2.14.